The van der Waals surface area contributed by atoms with Crippen LogP contribution in [0.3, 0.4) is 0 Å². The maximum atomic E-state index is 13.2. The van der Waals surface area contributed by atoms with Gasteiger partial charge < -0.3 is 14.7 Å². The van der Waals surface area contributed by atoms with Gasteiger partial charge in [-0.2, -0.15) is 0 Å². The highest BCUT2D eigenvalue weighted by Crippen LogP contribution is 2.37. The maximum Gasteiger partial charge on any atom is 0.323 e. The van der Waals surface area contributed by atoms with Crippen molar-refractivity contribution in [3.63, 3.8) is 0 Å². The Morgan fingerprint density at radius 2 is 1.76 bits per heavy atom. The van der Waals surface area contributed by atoms with Crippen LogP contribution in [0.2, 0.25) is 5.02 Å². The largest absolute Gasteiger partial charge is 0.487 e. The Labute approximate surface area is 198 Å². The minimum absolute atomic E-state index is 0.289. The lowest BCUT2D eigenvalue weighted by Gasteiger charge is -2.24. The molecule has 1 amide bonds. The Bertz CT molecular complexity index is 1150. The topological polar surface area (TPSA) is 66.8 Å². The van der Waals surface area contributed by atoms with Crippen LogP contribution in [0.4, 0.5) is 0 Å². The first-order chi connectivity index (χ1) is 15.8. The molecule has 33 heavy (non-hydrogen) atoms. The van der Waals surface area contributed by atoms with Crippen molar-refractivity contribution >= 4 is 23.5 Å². The van der Waals surface area contributed by atoms with E-state index in [4.69, 9.17) is 16.3 Å². The molecule has 0 aliphatic carbocycles. The maximum absolute atomic E-state index is 13.2. The van der Waals surface area contributed by atoms with E-state index in [-0.39, 0.29) is 12.5 Å². The first-order valence-corrected chi connectivity index (χ1v) is 11.3. The Kier molecular flexibility index (Phi) is 6.70. The fraction of sp³-hybridized carbons (Fsp3) is 0.259. The summed E-state index contributed by atoms with van der Waals surface area (Å²) in [6.45, 7) is 2.05. The van der Waals surface area contributed by atoms with Gasteiger partial charge in [0.15, 0.2) is 0 Å². The molecule has 170 valence electrons. The van der Waals surface area contributed by atoms with Crippen LogP contribution in [0.5, 0.6) is 5.75 Å². The van der Waals surface area contributed by atoms with E-state index in [0.29, 0.717) is 36.4 Å². The molecule has 0 unspecified atom stereocenters. The molecule has 0 aromatic heterocycles. The highest BCUT2D eigenvalue weighted by atomic mass is 35.5. The van der Waals surface area contributed by atoms with Crippen LogP contribution < -0.4 is 4.74 Å². The van der Waals surface area contributed by atoms with Gasteiger partial charge in [0.25, 0.3) is 5.91 Å². The van der Waals surface area contributed by atoms with Crippen LogP contribution in [-0.2, 0) is 24.1 Å². The van der Waals surface area contributed by atoms with Crippen LogP contribution in [0.15, 0.2) is 72.8 Å². The number of halogens is 1. The molecule has 1 aliphatic rings. The lowest BCUT2D eigenvalue weighted by atomic mass is 9.91. The van der Waals surface area contributed by atoms with Crippen molar-refractivity contribution in [3.8, 4) is 5.75 Å². The van der Waals surface area contributed by atoms with Gasteiger partial charge in [0.05, 0.1) is 0 Å². The van der Waals surface area contributed by atoms with Gasteiger partial charge in [-0.05, 0) is 60.4 Å². The average Bonchev–Trinajstić information content (AvgIpc) is 3.13. The lowest BCUT2D eigenvalue weighted by Crippen LogP contribution is -2.37. The average molecular weight is 464 g/mol. The summed E-state index contributed by atoms with van der Waals surface area (Å²) in [6.07, 6.45) is 1.96. The van der Waals surface area contributed by atoms with E-state index in [1.165, 1.54) is 4.90 Å². The molecule has 4 rings (SSSR count). The SMILES string of the molecule is C[C@@]1(Cc2ccc(Cl)cc2)Cc2cc(C(=O)N(CCc3ccccc3)CC(=O)O)ccc2O1. The van der Waals surface area contributed by atoms with Crippen LogP contribution in [-0.4, -0.2) is 40.6 Å². The Balaban J connectivity index is 1.48. The smallest absolute Gasteiger partial charge is 0.323 e. The van der Waals surface area contributed by atoms with E-state index in [0.717, 1.165) is 22.4 Å². The number of carboxylic acids is 1. The normalized spacial score (nSPS) is 16.7. The van der Waals surface area contributed by atoms with Gasteiger partial charge in [-0.3, -0.25) is 9.59 Å². The minimum atomic E-state index is -1.03. The number of rotatable bonds is 8. The quantitative estimate of drug-likeness (QED) is 0.508. The van der Waals surface area contributed by atoms with Gasteiger partial charge >= 0.3 is 5.97 Å². The lowest BCUT2D eigenvalue weighted by molar-refractivity contribution is -0.137. The molecule has 0 bridgehead atoms. The van der Waals surface area contributed by atoms with Crippen LogP contribution in [0, 0.1) is 0 Å². The number of hydrogen-bond acceptors (Lipinski definition) is 3. The zero-order valence-corrected chi connectivity index (χ0v) is 19.2. The van der Waals surface area contributed by atoms with Crippen molar-refractivity contribution in [2.45, 2.75) is 31.8 Å². The molecule has 0 saturated heterocycles. The van der Waals surface area contributed by atoms with E-state index >= 15 is 0 Å². The molecule has 1 heterocycles. The number of ether oxygens (including phenoxy) is 1. The number of fused-ring (bicyclic) bond motifs is 1. The van der Waals surface area contributed by atoms with Crippen molar-refractivity contribution < 1.29 is 19.4 Å². The second-order valence-electron chi connectivity index (χ2n) is 8.71. The molecule has 1 atom stereocenters. The number of aliphatic carboxylic acids is 1. The first-order valence-electron chi connectivity index (χ1n) is 10.9. The summed E-state index contributed by atoms with van der Waals surface area (Å²) >= 11 is 5.99. The van der Waals surface area contributed by atoms with E-state index in [1.807, 2.05) is 66.7 Å². The summed E-state index contributed by atoms with van der Waals surface area (Å²) in [5.41, 5.74) is 3.19. The molecular weight excluding hydrogens is 438 g/mol. The monoisotopic (exact) mass is 463 g/mol. The molecule has 6 heteroatoms. The molecule has 1 aliphatic heterocycles. The van der Waals surface area contributed by atoms with E-state index in [9.17, 15) is 14.7 Å². The van der Waals surface area contributed by atoms with Gasteiger partial charge in [-0.15, -0.1) is 0 Å². The van der Waals surface area contributed by atoms with Gasteiger partial charge in [0.1, 0.15) is 17.9 Å². The predicted molar refractivity (Wildman–Crippen MR) is 128 cm³/mol. The van der Waals surface area contributed by atoms with Crippen molar-refractivity contribution in [1.29, 1.82) is 0 Å². The van der Waals surface area contributed by atoms with Crippen molar-refractivity contribution in [3.05, 3.63) is 100 Å². The van der Waals surface area contributed by atoms with E-state index in [1.54, 1.807) is 6.07 Å². The highest BCUT2D eigenvalue weighted by Gasteiger charge is 2.35. The predicted octanol–water partition coefficient (Wildman–Crippen LogP) is 5.05. The Morgan fingerprint density at radius 1 is 1.03 bits per heavy atom. The van der Waals surface area contributed by atoms with Gasteiger partial charge in [0.2, 0.25) is 0 Å². The first kappa shape index (κ1) is 22.9. The third-order valence-electron chi connectivity index (χ3n) is 5.85. The van der Waals surface area contributed by atoms with Crippen LogP contribution in [0.25, 0.3) is 0 Å². The zero-order chi connectivity index (χ0) is 23.4. The molecule has 3 aromatic rings. The van der Waals surface area contributed by atoms with Gasteiger partial charge in [-0.1, -0.05) is 54.1 Å². The van der Waals surface area contributed by atoms with E-state index < -0.39 is 11.6 Å². The number of carbonyl (C=O) groups excluding carboxylic acids is 1. The van der Waals surface area contributed by atoms with Crippen molar-refractivity contribution in [2.75, 3.05) is 13.1 Å². The molecule has 0 fully saturated rings. The molecule has 3 aromatic carbocycles. The molecule has 0 spiro atoms. The fourth-order valence-electron chi connectivity index (χ4n) is 4.29. The Hall–Kier alpha value is -3.31. The second-order valence-corrected chi connectivity index (χ2v) is 9.15. The Morgan fingerprint density at radius 3 is 2.45 bits per heavy atom. The zero-order valence-electron chi connectivity index (χ0n) is 18.5. The van der Waals surface area contributed by atoms with E-state index in [2.05, 4.69) is 6.92 Å². The second kappa shape index (κ2) is 9.67. The number of benzene rings is 3. The number of hydrogen-bond donors (Lipinski definition) is 1. The number of nitrogens with zero attached hydrogens (tertiary/aromatic N) is 1. The summed E-state index contributed by atoms with van der Waals surface area (Å²) in [6, 6.07) is 22.8. The number of carbonyl (C=O) groups is 2. The van der Waals surface area contributed by atoms with Crippen molar-refractivity contribution in [1.82, 2.24) is 4.90 Å². The van der Waals surface area contributed by atoms with Crippen LogP contribution >= 0.6 is 11.6 Å². The highest BCUT2D eigenvalue weighted by molar-refractivity contribution is 6.30. The van der Waals surface area contributed by atoms with Gasteiger partial charge in [-0.25, -0.2) is 0 Å². The van der Waals surface area contributed by atoms with Crippen LogP contribution in [0.1, 0.15) is 34.0 Å². The summed E-state index contributed by atoms with van der Waals surface area (Å²) in [5, 5.41) is 10.0. The van der Waals surface area contributed by atoms with Gasteiger partial charge in [0, 0.05) is 30.0 Å². The molecule has 0 radical (unpaired) electrons. The molecule has 1 N–H and O–H groups in total. The van der Waals surface area contributed by atoms with Crippen molar-refractivity contribution in [2.24, 2.45) is 0 Å². The third-order valence-corrected chi connectivity index (χ3v) is 6.10. The standard InChI is InChI=1S/C27H26ClNO4/c1-27(16-20-7-10-23(28)11-8-20)17-22-15-21(9-12-24(22)33-27)26(32)29(18-25(30)31)14-13-19-5-3-2-4-6-19/h2-12,15H,13-14,16-18H2,1H3,(H,30,31)/t27-/m1/s1. The molecule has 0 saturated carbocycles. The fourth-order valence-corrected chi connectivity index (χ4v) is 4.42. The minimum Gasteiger partial charge on any atom is -0.487 e. The summed E-state index contributed by atoms with van der Waals surface area (Å²) < 4.78 is 6.24. The summed E-state index contributed by atoms with van der Waals surface area (Å²) in [5.74, 6) is -0.559. The number of carboxylic acid groups (broad SMARTS) is 1. The molecule has 5 nitrogen and oxygen atoms in total. The summed E-state index contributed by atoms with van der Waals surface area (Å²) in [7, 11) is 0. The number of amides is 1. The summed E-state index contributed by atoms with van der Waals surface area (Å²) in [4.78, 5) is 26.0. The third kappa shape index (κ3) is 5.74. The molecular formula is C27H26ClNO4.